The number of aryl methyl sites for hydroxylation is 1. The number of hydrogen-bond donors (Lipinski definition) is 1. The lowest BCUT2D eigenvalue weighted by Gasteiger charge is -2.17. The summed E-state index contributed by atoms with van der Waals surface area (Å²) < 4.78 is 5.90. The molecule has 2 rings (SSSR count). The number of benzene rings is 1. The molecule has 0 fully saturated rings. The van der Waals surface area contributed by atoms with Gasteiger partial charge in [-0.1, -0.05) is 26.0 Å². The molecule has 21 heavy (non-hydrogen) atoms. The van der Waals surface area contributed by atoms with Crippen LogP contribution in [0.1, 0.15) is 42.4 Å². The average molecular weight is 304 g/mol. The highest BCUT2D eigenvalue weighted by Crippen LogP contribution is 2.22. The molecule has 1 heterocycles. The molecule has 1 aromatic heterocycles. The minimum Gasteiger partial charge on any atom is -0.493 e. The van der Waals surface area contributed by atoms with E-state index in [1.54, 1.807) is 11.3 Å². The van der Waals surface area contributed by atoms with Crippen molar-refractivity contribution in [2.24, 2.45) is 0 Å². The summed E-state index contributed by atoms with van der Waals surface area (Å²) in [6.07, 6.45) is 2.00. The minimum atomic E-state index is 0.405. The van der Waals surface area contributed by atoms with Crippen molar-refractivity contribution in [1.29, 1.82) is 0 Å². The number of nitrogens with zero attached hydrogens (tertiary/aromatic N) is 1. The Bertz CT molecular complexity index is 553. The van der Waals surface area contributed by atoms with Gasteiger partial charge < -0.3 is 10.1 Å². The first-order valence-corrected chi connectivity index (χ1v) is 8.47. The van der Waals surface area contributed by atoms with Crippen LogP contribution in [0.5, 0.6) is 5.75 Å². The zero-order valence-corrected chi connectivity index (χ0v) is 13.9. The van der Waals surface area contributed by atoms with Gasteiger partial charge >= 0.3 is 0 Å². The summed E-state index contributed by atoms with van der Waals surface area (Å²) in [4.78, 5) is 5.58. The van der Waals surface area contributed by atoms with E-state index < -0.39 is 0 Å². The largest absolute Gasteiger partial charge is 0.493 e. The zero-order chi connectivity index (χ0) is 15.1. The van der Waals surface area contributed by atoms with Crippen LogP contribution in [-0.2, 0) is 6.42 Å². The molecule has 0 bridgehead atoms. The summed E-state index contributed by atoms with van der Waals surface area (Å²) in [7, 11) is 0. The molecular formula is C17H24N2OS. The Hall–Kier alpha value is -1.39. The van der Waals surface area contributed by atoms with Gasteiger partial charge in [0, 0.05) is 17.3 Å². The third-order valence-electron chi connectivity index (χ3n) is 3.56. The van der Waals surface area contributed by atoms with Gasteiger partial charge in [-0.15, -0.1) is 11.3 Å². The Labute approximate surface area is 131 Å². The molecule has 0 amide bonds. The second kappa shape index (κ2) is 8.15. The third kappa shape index (κ3) is 4.55. The summed E-state index contributed by atoms with van der Waals surface area (Å²) >= 11 is 1.70. The summed E-state index contributed by atoms with van der Waals surface area (Å²) in [5.41, 5.74) is 4.31. The zero-order valence-electron chi connectivity index (χ0n) is 13.1. The van der Waals surface area contributed by atoms with Crippen LogP contribution in [0.25, 0.3) is 0 Å². The molecule has 2 aromatic rings. The molecule has 3 nitrogen and oxygen atoms in total. The number of rotatable bonds is 8. The van der Waals surface area contributed by atoms with Crippen LogP contribution >= 0.6 is 11.3 Å². The van der Waals surface area contributed by atoms with Crippen LogP contribution in [0.4, 0.5) is 0 Å². The van der Waals surface area contributed by atoms with Gasteiger partial charge in [-0.25, -0.2) is 4.98 Å². The second-order valence-corrected chi connectivity index (χ2v) is 5.99. The van der Waals surface area contributed by atoms with E-state index in [2.05, 4.69) is 49.3 Å². The summed E-state index contributed by atoms with van der Waals surface area (Å²) in [5, 5.41) is 3.50. The van der Waals surface area contributed by atoms with E-state index in [9.17, 15) is 0 Å². The predicted molar refractivity (Wildman–Crippen MR) is 89.2 cm³/mol. The van der Waals surface area contributed by atoms with E-state index >= 15 is 0 Å². The normalized spacial score (nSPS) is 12.3. The molecule has 1 aromatic carbocycles. The van der Waals surface area contributed by atoms with Crippen molar-refractivity contribution in [2.45, 2.75) is 39.7 Å². The van der Waals surface area contributed by atoms with Gasteiger partial charge in [0.15, 0.2) is 0 Å². The fraction of sp³-hybridized carbons (Fsp3) is 0.471. The van der Waals surface area contributed by atoms with E-state index in [4.69, 9.17) is 4.74 Å². The van der Waals surface area contributed by atoms with Crippen LogP contribution in [0.3, 0.4) is 0 Å². The Balaban J connectivity index is 1.93. The molecule has 1 unspecified atom stereocenters. The molecule has 114 valence electrons. The lowest BCUT2D eigenvalue weighted by molar-refractivity contribution is 0.322. The van der Waals surface area contributed by atoms with Gasteiger partial charge in [0.2, 0.25) is 0 Å². The maximum absolute atomic E-state index is 5.90. The fourth-order valence-corrected chi connectivity index (χ4v) is 3.16. The molecule has 0 radical (unpaired) electrons. The maximum atomic E-state index is 5.90. The number of nitrogens with one attached hydrogen (secondary N) is 1. The van der Waals surface area contributed by atoms with Gasteiger partial charge in [-0.05, 0) is 37.6 Å². The quantitative estimate of drug-likeness (QED) is 0.796. The first-order chi connectivity index (χ1) is 10.2. The SMILES string of the molecule is CCNC(CC)c1cccc(OCCc2scnc2C)c1. The van der Waals surface area contributed by atoms with E-state index in [1.165, 1.54) is 10.4 Å². The minimum absolute atomic E-state index is 0.405. The lowest BCUT2D eigenvalue weighted by Crippen LogP contribution is -2.20. The summed E-state index contributed by atoms with van der Waals surface area (Å²) in [6, 6.07) is 8.82. The third-order valence-corrected chi connectivity index (χ3v) is 4.56. The van der Waals surface area contributed by atoms with E-state index in [0.29, 0.717) is 12.6 Å². The van der Waals surface area contributed by atoms with Gasteiger partial charge in [0.05, 0.1) is 17.8 Å². The highest BCUT2D eigenvalue weighted by atomic mass is 32.1. The standard InChI is InChI=1S/C17H24N2OS/c1-4-16(18-5-2)14-7-6-8-15(11-14)20-10-9-17-13(3)19-12-21-17/h6-8,11-12,16,18H,4-5,9-10H2,1-3H3. The van der Waals surface area contributed by atoms with Crippen LogP contribution in [0.15, 0.2) is 29.8 Å². The molecule has 1 N–H and O–H groups in total. The Morgan fingerprint density at radius 3 is 2.86 bits per heavy atom. The lowest BCUT2D eigenvalue weighted by atomic mass is 10.0. The molecule has 0 aliphatic carbocycles. The molecule has 1 atom stereocenters. The van der Waals surface area contributed by atoms with Crippen LogP contribution in [0.2, 0.25) is 0 Å². The first kappa shape index (κ1) is 16.0. The van der Waals surface area contributed by atoms with Crippen LogP contribution in [0, 0.1) is 6.92 Å². The predicted octanol–water partition coefficient (Wildman–Crippen LogP) is 4.13. The van der Waals surface area contributed by atoms with Crippen LogP contribution in [-0.4, -0.2) is 18.1 Å². The van der Waals surface area contributed by atoms with E-state index in [-0.39, 0.29) is 0 Å². The fourth-order valence-electron chi connectivity index (χ4n) is 2.39. The van der Waals surface area contributed by atoms with Crippen molar-refractivity contribution in [1.82, 2.24) is 10.3 Å². The molecule has 0 aliphatic heterocycles. The van der Waals surface area contributed by atoms with Gasteiger partial charge in [-0.2, -0.15) is 0 Å². The number of thiazole rings is 1. The number of aromatic nitrogens is 1. The highest BCUT2D eigenvalue weighted by molar-refractivity contribution is 7.09. The average Bonchev–Trinajstić information content (AvgIpc) is 2.90. The molecule has 0 aliphatic rings. The van der Waals surface area contributed by atoms with Crippen molar-refractivity contribution >= 4 is 11.3 Å². The Morgan fingerprint density at radius 1 is 1.33 bits per heavy atom. The van der Waals surface area contributed by atoms with Gasteiger partial charge in [0.25, 0.3) is 0 Å². The van der Waals surface area contributed by atoms with Crippen molar-refractivity contribution in [3.8, 4) is 5.75 Å². The second-order valence-electron chi connectivity index (χ2n) is 5.05. The van der Waals surface area contributed by atoms with Crippen LogP contribution < -0.4 is 10.1 Å². The first-order valence-electron chi connectivity index (χ1n) is 7.59. The van der Waals surface area contributed by atoms with E-state index in [1.807, 2.05) is 11.6 Å². The van der Waals surface area contributed by atoms with Crippen molar-refractivity contribution in [3.63, 3.8) is 0 Å². The molecule has 0 spiro atoms. The van der Waals surface area contributed by atoms with Gasteiger partial charge in [0.1, 0.15) is 5.75 Å². The number of hydrogen-bond acceptors (Lipinski definition) is 4. The van der Waals surface area contributed by atoms with Crippen molar-refractivity contribution < 1.29 is 4.74 Å². The van der Waals surface area contributed by atoms with E-state index in [0.717, 1.165) is 30.8 Å². The topological polar surface area (TPSA) is 34.1 Å². The Morgan fingerprint density at radius 2 is 2.19 bits per heavy atom. The molecular weight excluding hydrogens is 280 g/mol. The smallest absolute Gasteiger partial charge is 0.119 e. The molecule has 0 saturated heterocycles. The number of ether oxygens (including phenoxy) is 1. The van der Waals surface area contributed by atoms with Gasteiger partial charge in [-0.3, -0.25) is 0 Å². The molecule has 0 saturated carbocycles. The monoisotopic (exact) mass is 304 g/mol. The van der Waals surface area contributed by atoms with Crippen molar-refractivity contribution in [3.05, 3.63) is 45.9 Å². The summed E-state index contributed by atoms with van der Waals surface area (Å²) in [6.45, 7) is 8.07. The molecule has 4 heteroatoms. The maximum Gasteiger partial charge on any atom is 0.119 e. The summed E-state index contributed by atoms with van der Waals surface area (Å²) in [5.74, 6) is 0.950. The van der Waals surface area contributed by atoms with Crippen molar-refractivity contribution in [2.75, 3.05) is 13.2 Å². The highest BCUT2D eigenvalue weighted by Gasteiger charge is 2.08. The Kier molecular flexibility index (Phi) is 6.21.